The predicted molar refractivity (Wildman–Crippen MR) is 72.0 cm³/mol. The van der Waals surface area contributed by atoms with E-state index in [1.54, 1.807) is 7.11 Å². The van der Waals surface area contributed by atoms with E-state index in [0.29, 0.717) is 0 Å². The van der Waals surface area contributed by atoms with E-state index < -0.39 is 0 Å². The van der Waals surface area contributed by atoms with Crippen molar-refractivity contribution in [2.24, 2.45) is 0 Å². The van der Waals surface area contributed by atoms with Crippen LogP contribution >= 0.6 is 0 Å². The van der Waals surface area contributed by atoms with Gasteiger partial charge in [0.1, 0.15) is 5.75 Å². The summed E-state index contributed by atoms with van der Waals surface area (Å²) in [5.41, 5.74) is 2.54. The normalized spacial score (nSPS) is 17.4. The van der Waals surface area contributed by atoms with Gasteiger partial charge in [-0.15, -0.1) is 0 Å². The van der Waals surface area contributed by atoms with Crippen molar-refractivity contribution in [2.45, 2.75) is 19.8 Å². The minimum absolute atomic E-state index is 0.975. The Hall–Kier alpha value is -1.22. The van der Waals surface area contributed by atoms with E-state index in [2.05, 4.69) is 35.3 Å². The highest BCUT2D eigenvalue weighted by Crippen LogP contribution is 2.24. The van der Waals surface area contributed by atoms with Gasteiger partial charge in [-0.05, 0) is 56.6 Å². The Bertz CT molecular complexity index is 357. The molecule has 0 spiro atoms. The smallest absolute Gasteiger partial charge is 0.121 e. The lowest BCUT2D eigenvalue weighted by Crippen LogP contribution is -2.33. The second kappa shape index (κ2) is 5.92. The fraction of sp³-hybridized carbons (Fsp3) is 0.571. The first-order valence-corrected chi connectivity index (χ1v) is 6.41. The fourth-order valence-corrected chi connectivity index (χ4v) is 2.34. The topological polar surface area (TPSA) is 24.5 Å². The minimum Gasteiger partial charge on any atom is -0.496 e. The van der Waals surface area contributed by atoms with E-state index >= 15 is 0 Å². The average molecular weight is 234 g/mol. The molecule has 94 valence electrons. The highest BCUT2D eigenvalue weighted by atomic mass is 16.5. The second-order valence-electron chi connectivity index (χ2n) is 4.60. The maximum atomic E-state index is 5.30. The van der Waals surface area contributed by atoms with Gasteiger partial charge in [-0.3, -0.25) is 0 Å². The zero-order valence-corrected chi connectivity index (χ0v) is 10.8. The lowest BCUT2D eigenvalue weighted by atomic mass is 10.1. The molecule has 1 aromatic rings. The number of ether oxygens (including phenoxy) is 1. The Kier molecular flexibility index (Phi) is 4.26. The van der Waals surface area contributed by atoms with Crippen molar-refractivity contribution in [3.63, 3.8) is 0 Å². The molecule has 17 heavy (non-hydrogen) atoms. The molecule has 3 heteroatoms. The summed E-state index contributed by atoms with van der Waals surface area (Å²) in [5.74, 6) is 0.975. The summed E-state index contributed by atoms with van der Waals surface area (Å²) in [5, 5.41) is 3.44. The zero-order valence-electron chi connectivity index (χ0n) is 10.8. The fourth-order valence-electron chi connectivity index (χ4n) is 2.34. The monoisotopic (exact) mass is 234 g/mol. The second-order valence-corrected chi connectivity index (χ2v) is 4.60. The number of benzene rings is 1. The molecule has 0 aliphatic carbocycles. The van der Waals surface area contributed by atoms with Crippen LogP contribution in [0.15, 0.2) is 18.2 Å². The Labute approximate surface area is 104 Å². The van der Waals surface area contributed by atoms with E-state index in [0.717, 1.165) is 31.9 Å². The molecule has 0 unspecified atom stereocenters. The van der Waals surface area contributed by atoms with E-state index in [4.69, 9.17) is 4.74 Å². The van der Waals surface area contributed by atoms with Crippen molar-refractivity contribution in [2.75, 3.05) is 38.2 Å². The molecule has 1 aliphatic rings. The average Bonchev–Trinajstić information content (AvgIpc) is 2.28. The van der Waals surface area contributed by atoms with E-state index in [-0.39, 0.29) is 0 Å². The summed E-state index contributed by atoms with van der Waals surface area (Å²) >= 11 is 0. The van der Waals surface area contributed by atoms with Crippen LogP contribution in [0.4, 0.5) is 5.69 Å². The number of nitrogens with one attached hydrogen (secondary N) is 1. The standard InChI is InChI=1S/C14H22N2O/c1-12-11-13(5-6-14(12)17-2)16-9-3-7-15-8-4-10-16/h5-6,11,15H,3-4,7-10H2,1-2H3. The SMILES string of the molecule is COc1ccc(N2CCCNCCC2)cc1C. The lowest BCUT2D eigenvalue weighted by molar-refractivity contribution is 0.411. The zero-order chi connectivity index (χ0) is 12.1. The predicted octanol–water partition coefficient (Wildman–Crippen LogP) is 2.19. The van der Waals surface area contributed by atoms with Crippen molar-refractivity contribution in [1.29, 1.82) is 0 Å². The van der Waals surface area contributed by atoms with Crippen molar-refractivity contribution < 1.29 is 4.74 Å². The van der Waals surface area contributed by atoms with Gasteiger partial charge < -0.3 is 15.0 Å². The third-order valence-corrected chi connectivity index (χ3v) is 3.31. The maximum absolute atomic E-state index is 5.30. The van der Waals surface area contributed by atoms with Crippen LogP contribution in [-0.2, 0) is 0 Å². The summed E-state index contributed by atoms with van der Waals surface area (Å²) < 4.78 is 5.30. The molecule has 1 fully saturated rings. The highest BCUT2D eigenvalue weighted by Gasteiger charge is 2.09. The number of rotatable bonds is 2. The van der Waals surface area contributed by atoms with Crippen LogP contribution in [0.5, 0.6) is 5.75 Å². The van der Waals surface area contributed by atoms with Gasteiger partial charge in [0.05, 0.1) is 7.11 Å². The summed E-state index contributed by atoms with van der Waals surface area (Å²) in [4.78, 5) is 2.48. The van der Waals surface area contributed by atoms with Gasteiger partial charge in [0.25, 0.3) is 0 Å². The third-order valence-electron chi connectivity index (χ3n) is 3.31. The van der Waals surface area contributed by atoms with Crippen LogP contribution in [0.1, 0.15) is 18.4 Å². The quantitative estimate of drug-likeness (QED) is 0.849. The van der Waals surface area contributed by atoms with Crippen LogP contribution in [0.2, 0.25) is 0 Å². The van der Waals surface area contributed by atoms with Crippen LogP contribution in [-0.4, -0.2) is 33.3 Å². The molecular weight excluding hydrogens is 212 g/mol. The summed E-state index contributed by atoms with van der Waals surface area (Å²) in [7, 11) is 1.73. The maximum Gasteiger partial charge on any atom is 0.121 e. The van der Waals surface area contributed by atoms with Crippen LogP contribution in [0.3, 0.4) is 0 Å². The van der Waals surface area contributed by atoms with Crippen molar-refractivity contribution in [3.8, 4) is 5.75 Å². The van der Waals surface area contributed by atoms with Crippen LogP contribution in [0.25, 0.3) is 0 Å². The molecule has 0 bridgehead atoms. The first kappa shape index (κ1) is 12.2. The van der Waals surface area contributed by atoms with E-state index in [1.165, 1.54) is 24.1 Å². The first-order chi connectivity index (χ1) is 8.31. The van der Waals surface area contributed by atoms with Crippen molar-refractivity contribution in [3.05, 3.63) is 23.8 Å². The summed E-state index contributed by atoms with van der Waals surface area (Å²) in [6.45, 7) is 6.64. The van der Waals surface area contributed by atoms with Crippen molar-refractivity contribution >= 4 is 5.69 Å². The number of anilines is 1. The summed E-state index contributed by atoms with van der Waals surface area (Å²) in [6.07, 6.45) is 2.43. The Morgan fingerprint density at radius 2 is 1.88 bits per heavy atom. The largest absolute Gasteiger partial charge is 0.496 e. The first-order valence-electron chi connectivity index (χ1n) is 6.41. The lowest BCUT2D eigenvalue weighted by Gasteiger charge is -2.27. The van der Waals surface area contributed by atoms with Gasteiger partial charge in [0.15, 0.2) is 0 Å². The molecule has 1 aliphatic heterocycles. The molecule has 0 amide bonds. The van der Waals surface area contributed by atoms with E-state index in [1.807, 2.05) is 0 Å². The molecule has 2 rings (SSSR count). The molecule has 3 nitrogen and oxygen atoms in total. The number of hydrogen-bond acceptors (Lipinski definition) is 3. The molecule has 0 saturated carbocycles. The molecular formula is C14H22N2O. The number of nitrogens with zero attached hydrogens (tertiary/aromatic N) is 1. The molecule has 0 atom stereocenters. The summed E-state index contributed by atoms with van der Waals surface area (Å²) in [6, 6.07) is 6.47. The number of methoxy groups -OCH3 is 1. The molecule has 0 radical (unpaired) electrons. The van der Waals surface area contributed by atoms with Crippen LogP contribution < -0.4 is 15.0 Å². The van der Waals surface area contributed by atoms with Gasteiger partial charge >= 0.3 is 0 Å². The highest BCUT2D eigenvalue weighted by molar-refractivity contribution is 5.52. The molecule has 1 heterocycles. The Morgan fingerprint density at radius 3 is 2.47 bits per heavy atom. The van der Waals surface area contributed by atoms with Gasteiger partial charge in [-0.25, -0.2) is 0 Å². The van der Waals surface area contributed by atoms with Gasteiger partial charge in [-0.2, -0.15) is 0 Å². The van der Waals surface area contributed by atoms with Gasteiger partial charge in [-0.1, -0.05) is 0 Å². The minimum atomic E-state index is 0.975. The number of hydrogen-bond donors (Lipinski definition) is 1. The molecule has 1 aromatic carbocycles. The molecule has 1 N–H and O–H groups in total. The van der Waals surface area contributed by atoms with Gasteiger partial charge in [0, 0.05) is 18.8 Å². The third kappa shape index (κ3) is 3.13. The van der Waals surface area contributed by atoms with Gasteiger partial charge in [0.2, 0.25) is 0 Å². The Morgan fingerprint density at radius 1 is 1.18 bits per heavy atom. The number of aryl methyl sites for hydroxylation is 1. The molecule has 0 aromatic heterocycles. The molecule has 1 saturated heterocycles. The van der Waals surface area contributed by atoms with E-state index in [9.17, 15) is 0 Å². The van der Waals surface area contributed by atoms with Crippen molar-refractivity contribution in [1.82, 2.24) is 5.32 Å². The Balaban J connectivity index is 2.11. The van der Waals surface area contributed by atoms with Crippen LogP contribution in [0, 0.1) is 6.92 Å².